The second-order valence-electron chi connectivity index (χ2n) is 2.48. The number of nitrogen functional groups attached to an aromatic ring is 1. The summed E-state index contributed by atoms with van der Waals surface area (Å²) in [4.78, 5) is 10.8. The number of carbonyl (C=O) groups excluding carboxylic acids is 1. The number of esters is 1. The number of thiophene rings is 1. The molecule has 0 bridgehead atoms. The zero-order chi connectivity index (χ0) is 10.8. The third-order valence-electron chi connectivity index (χ3n) is 1.53. The Morgan fingerprint density at radius 2 is 2.29 bits per heavy atom. The zero-order valence-corrected chi connectivity index (χ0v) is 9.02. The lowest BCUT2D eigenvalue weighted by Gasteiger charge is -2.01. The van der Waals surface area contributed by atoms with E-state index >= 15 is 0 Å². The van der Waals surface area contributed by atoms with Gasteiger partial charge in [-0.1, -0.05) is 0 Å². The van der Waals surface area contributed by atoms with Crippen LogP contribution in [-0.2, 0) is 19.4 Å². The normalized spacial score (nSPS) is 11.2. The van der Waals surface area contributed by atoms with Gasteiger partial charge in [0, 0.05) is 0 Å². The zero-order valence-electron chi connectivity index (χ0n) is 7.39. The van der Waals surface area contributed by atoms with Crippen LogP contribution in [0.5, 0.6) is 0 Å². The number of ether oxygens (including phenoxy) is 1. The SMILES string of the molecule is COC(=O)CS(=O)(=O)c1ccsc1N. The van der Waals surface area contributed by atoms with Gasteiger partial charge >= 0.3 is 5.97 Å². The third-order valence-corrected chi connectivity index (χ3v) is 4.04. The van der Waals surface area contributed by atoms with Crippen LogP contribution in [-0.4, -0.2) is 27.2 Å². The Bertz CT molecular complexity index is 434. The molecule has 0 aliphatic carbocycles. The summed E-state index contributed by atoms with van der Waals surface area (Å²) in [6.07, 6.45) is 0. The van der Waals surface area contributed by atoms with E-state index in [1.807, 2.05) is 0 Å². The molecule has 0 aliphatic heterocycles. The summed E-state index contributed by atoms with van der Waals surface area (Å²) < 4.78 is 27.3. The second kappa shape index (κ2) is 3.97. The Hall–Kier alpha value is -1.08. The number of hydrogen-bond acceptors (Lipinski definition) is 6. The molecule has 0 fully saturated rings. The highest BCUT2D eigenvalue weighted by atomic mass is 32.2. The van der Waals surface area contributed by atoms with E-state index in [1.165, 1.54) is 6.07 Å². The van der Waals surface area contributed by atoms with Gasteiger partial charge in [-0.25, -0.2) is 8.42 Å². The smallest absolute Gasteiger partial charge is 0.321 e. The fraction of sp³-hybridized carbons (Fsp3) is 0.286. The first kappa shape index (κ1) is 11.0. The Labute approximate surface area is 85.4 Å². The number of sulfone groups is 1. The lowest BCUT2D eigenvalue weighted by atomic mass is 10.6. The third kappa shape index (κ3) is 2.24. The van der Waals surface area contributed by atoms with Crippen LogP contribution in [0.25, 0.3) is 0 Å². The Morgan fingerprint density at radius 3 is 2.71 bits per heavy atom. The highest BCUT2D eigenvalue weighted by Gasteiger charge is 2.22. The van der Waals surface area contributed by atoms with Crippen molar-refractivity contribution in [1.82, 2.24) is 0 Å². The highest BCUT2D eigenvalue weighted by molar-refractivity contribution is 7.92. The molecule has 7 heteroatoms. The predicted octanol–water partition coefficient (Wildman–Crippen LogP) is 0.277. The average Bonchev–Trinajstić information content (AvgIpc) is 2.51. The van der Waals surface area contributed by atoms with E-state index in [1.54, 1.807) is 5.38 Å². The number of hydrogen-bond donors (Lipinski definition) is 1. The summed E-state index contributed by atoms with van der Waals surface area (Å²) in [5.41, 5.74) is 5.43. The minimum Gasteiger partial charge on any atom is -0.468 e. The molecular formula is C7H9NO4S2. The predicted molar refractivity (Wildman–Crippen MR) is 52.8 cm³/mol. The summed E-state index contributed by atoms with van der Waals surface area (Å²) >= 11 is 1.11. The molecule has 1 heterocycles. The molecule has 14 heavy (non-hydrogen) atoms. The van der Waals surface area contributed by atoms with Crippen LogP contribution in [0.1, 0.15) is 0 Å². The quantitative estimate of drug-likeness (QED) is 0.760. The van der Waals surface area contributed by atoms with Crippen molar-refractivity contribution >= 4 is 32.1 Å². The summed E-state index contributed by atoms with van der Waals surface area (Å²) in [6, 6.07) is 1.37. The molecular weight excluding hydrogens is 226 g/mol. The minimum absolute atomic E-state index is 0.00657. The average molecular weight is 235 g/mol. The van der Waals surface area contributed by atoms with Crippen molar-refractivity contribution in [3.05, 3.63) is 11.4 Å². The molecule has 0 unspecified atom stereocenters. The van der Waals surface area contributed by atoms with Crippen molar-refractivity contribution in [2.24, 2.45) is 0 Å². The summed E-state index contributed by atoms with van der Waals surface area (Å²) in [6.45, 7) is 0. The van der Waals surface area contributed by atoms with Gasteiger partial charge in [-0.2, -0.15) is 0 Å². The maximum atomic E-state index is 11.5. The Kier molecular flexibility index (Phi) is 3.12. The maximum absolute atomic E-state index is 11.5. The van der Waals surface area contributed by atoms with E-state index in [0.29, 0.717) is 0 Å². The van der Waals surface area contributed by atoms with E-state index in [2.05, 4.69) is 4.74 Å². The van der Waals surface area contributed by atoms with Gasteiger partial charge in [0.2, 0.25) is 0 Å². The van der Waals surface area contributed by atoms with Gasteiger partial charge in [0.15, 0.2) is 15.6 Å². The van der Waals surface area contributed by atoms with Gasteiger partial charge in [0.05, 0.1) is 7.11 Å². The fourth-order valence-electron chi connectivity index (χ4n) is 0.858. The number of nitrogens with two attached hydrogens (primary N) is 1. The molecule has 0 aliphatic rings. The number of carbonyl (C=O) groups is 1. The van der Waals surface area contributed by atoms with Gasteiger partial charge in [-0.3, -0.25) is 4.79 Å². The Morgan fingerprint density at radius 1 is 1.64 bits per heavy atom. The molecule has 2 N–H and O–H groups in total. The lowest BCUT2D eigenvalue weighted by Crippen LogP contribution is -2.17. The van der Waals surface area contributed by atoms with Gasteiger partial charge < -0.3 is 10.5 Å². The van der Waals surface area contributed by atoms with E-state index in [0.717, 1.165) is 18.4 Å². The molecule has 0 amide bonds. The van der Waals surface area contributed by atoms with Crippen molar-refractivity contribution in [1.29, 1.82) is 0 Å². The van der Waals surface area contributed by atoms with Crippen molar-refractivity contribution in [3.63, 3.8) is 0 Å². The molecule has 0 aromatic carbocycles. The molecule has 0 spiro atoms. The van der Waals surface area contributed by atoms with E-state index in [9.17, 15) is 13.2 Å². The van der Waals surface area contributed by atoms with Crippen LogP contribution in [0, 0.1) is 0 Å². The van der Waals surface area contributed by atoms with Gasteiger partial charge in [0.25, 0.3) is 0 Å². The standard InChI is InChI=1S/C7H9NO4S2/c1-12-6(9)4-14(10,11)5-2-3-13-7(5)8/h2-3H,4,8H2,1H3. The maximum Gasteiger partial charge on any atom is 0.321 e. The lowest BCUT2D eigenvalue weighted by molar-refractivity contribution is -0.137. The molecule has 0 atom stereocenters. The van der Waals surface area contributed by atoms with E-state index < -0.39 is 21.6 Å². The van der Waals surface area contributed by atoms with Crippen molar-refractivity contribution < 1.29 is 17.9 Å². The molecule has 5 nitrogen and oxygen atoms in total. The number of anilines is 1. The van der Waals surface area contributed by atoms with Crippen LogP contribution in [0.15, 0.2) is 16.3 Å². The summed E-state index contributed by atoms with van der Waals surface area (Å²) in [5, 5.41) is 1.74. The van der Waals surface area contributed by atoms with Gasteiger partial charge in [0.1, 0.15) is 9.90 Å². The van der Waals surface area contributed by atoms with Gasteiger partial charge in [-0.15, -0.1) is 11.3 Å². The number of methoxy groups -OCH3 is 1. The Balaban J connectivity index is 2.98. The largest absolute Gasteiger partial charge is 0.468 e. The molecule has 1 aromatic rings. The summed E-state index contributed by atoms with van der Waals surface area (Å²) in [5.74, 6) is -1.47. The van der Waals surface area contributed by atoms with Crippen molar-refractivity contribution in [2.75, 3.05) is 18.6 Å². The van der Waals surface area contributed by atoms with E-state index in [4.69, 9.17) is 5.73 Å². The molecule has 78 valence electrons. The first-order chi connectivity index (χ1) is 6.47. The van der Waals surface area contributed by atoms with Crippen LogP contribution in [0.4, 0.5) is 5.00 Å². The fourth-order valence-corrected chi connectivity index (χ4v) is 3.17. The molecule has 0 saturated carbocycles. The first-order valence-corrected chi connectivity index (χ1v) is 6.13. The minimum atomic E-state index is -3.65. The van der Waals surface area contributed by atoms with Crippen LogP contribution >= 0.6 is 11.3 Å². The van der Waals surface area contributed by atoms with Gasteiger partial charge in [-0.05, 0) is 11.4 Å². The van der Waals surface area contributed by atoms with Crippen LogP contribution in [0.3, 0.4) is 0 Å². The molecule has 0 radical (unpaired) electrons. The van der Waals surface area contributed by atoms with Crippen LogP contribution in [0.2, 0.25) is 0 Å². The molecule has 1 aromatic heterocycles. The monoisotopic (exact) mass is 235 g/mol. The van der Waals surface area contributed by atoms with E-state index in [-0.39, 0.29) is 9.90 Å². The highest BCUT2D eigenvalue weighted by Crippen LogP contribution is 2.25. The van der Waals surface area contributed by atoms with Crippen LogP contribution < -0.4 is 5.73 Å². The topological polar surface area (TPSA) is 86.5 Å². The second-order valence-corrected chi connectivity index (χ2v) is 5.39. The van der Waals surface area contributed by atoms with Crippen molar-refractivity contribution in [2.45, 2.75) is 4.90 Å². The van der Waals surface area contributed by atoms with Crippen molar-refractivity contribution in [3.8, 4) is 0 Å². The molecule has 1 rings (SSSR count). The first-order valence-electron chi connectivity index (χ1n) is 3.60. The summed E-state index contributed by atoms with van der Waals surface area (Å²) in [7, 11) is -2.51. The molecule has 0 saturated heterocycles. The number of rotatable bonds is 3.